The molecule has 0 saturated heterocycles. The Morgan fingerprint density at radius 2 is 0.488 bits per heavy atom. The maximum absolute atomic E-state index is 9.63. The van der Waals surface area contributed by atoms with E-state index in [0.29, 0.717) is 0 Å². The van der Waals surface area contributed by atoms with Crippen molar-refractivity contribution in [1.29, 1.82) is 0 Å². The van der Waals surface area contributed by atoms with Crippen LogP contribution in [0.15, 0.2) is 0 Å². The van der Waals surface area contributed by atoms with Crippen molar-refractivity contribution in [2.24, 2.45) is 0 Å². The van der Waals surface area contributed by atoms with E-state index in [-0.39, 0.29) is 46.6 Å². The molecule has 0 aliphatic carbocycles. The zero-order chi connectivity index (χ0) is 35.3. The predicted molar refractivity (Wildman–Crippen MR) is 109 cm³/mol. The third kappa shape index (κ3) is 115. The van der Waals surface area contributed by atoms with Gasteiger partial charge in [-0.15, -0.1) is 0 Å². The van der Waals surface area contributed by atoms with Gasteiger partial charge in [0.05, 0.1) is 0 Å². The van der Waals surface area contributed by atoms with Gasteiger partial charge in [-0.2, -0.15) is 12.9 Å². The predicted octanol–water partition coefficient (Wildman–Crippen LogP) is -8.21. The summed E-state index contributed by atoms with van der Waals surface area (Å²) in [5, 5.41) is 0. The fourth-order valence-corrected chi connectivity index (χ4v) is 4.95. The Morgan fingerprint density at radius 3 is 0.488 bits per heavy atom. The SMILES string of the molecule is O=P(O)(O)OP(=O)(O)O.O=P(O)(O)OP(=O)(O)O.O=P(O)(O)OP(=O)(O)O.O=P([O-])(O)OP(=O)(O)O.O=S(=O)([O-])[O-].[Fe+2].[Na+]. The molecule has 15 N–H and O–H groups in total. The molecule has 0 aromatic heterocycles. The van der Waals surface area contributed by atoms with Gasteiger partial charge in [0.25, 0.3) is 7.82 Å². The van der Waals surface area contributed by atoms with Gasteiger partial charge in [-0.1, -0.05) is 0 Å². The molecule has 0 heterocycles. The van der Waals surface area contributed by atoms with Crippen molar-refractivity contribution in [3.8, 4) is 0 Å². The fourth-order valence-electron chi connectivity index (χ4n) is 0.550. The van der Waals surface area contributed by atoms with E-state index in [0.717, 1.165) is 0 Å². The van der Waals surface area contributed by atoms with Crippen LogP contribution in [-0.2, 0) is 81.2 Å². The molecule has 0 rings (SSSR count). The molecule has 43 heavy (non-hydrogen) atoms. The molecule has 32 nitrogen and oxygen atoms in total. The molecule has 0 spiro atoms. The van der Waals surface area contributed by atoms with Crippen molar-refractivity contribution in [2.75, 3.05) is 0 Å². The molecule has 0 aromatic rings. The third-order valence-corrected chi connectivity index (χ3v) is 7.63. The Kier molecular flexibility index (Phi) is 32.4. The summed E-state index contributed by atoms with van der Waals surface area (Å²) in [6, 6.07) is 0. The first-order chi connectivity index (χ1) is 16.8. The van der Waals surface area contributed by atoms with Crippen molar-refractivity contribution in [3.63, 3.8) is 0 Å². The molecule has 0 aromatic carbocycles. The van der Waals surface area contributed by atoms with Crippen molar-refractivity contribution < 1.29 is 196 Å². The molecule has 1 unspecified atom stereocenters. The third-order valence-electron chi connectivity index (χ3n) is 0.848. The van der Waals surface area contributed by atoms with Crippen molar-refractivity contribution in [3.05, 3.63) is 0 Å². The Hall–Kier alpha value is 2.43. The van der Waals surface area contributed by atoms with Gasteiger partial charge in [0.1, 0.15) is 0 Å². The molecule has 0 radical (unpaired) electrons. The van der Waals surface area contributed by atoms with Crippen LogP contribution in [0.3, 0.4) is 0 Å². The zero-order valence-electron chi connectivity index (χ0n) is 19.0. The maximum atomic E-state index is 9.63. The van der Waals surface area contributed by atoms with Gasteiger partial charge in [-0.25, -0.2) is 36.3 Å². The quantitative estimate of drug-likeness (QED) is 0.0466. The minimum absolute atomic E-state index is 0. The average Bonchev–Trinajstić information content (AvgIpc) is 2.28. The van der Waals surface area contributed by atoms with Gasteiger partial charge in [-0.3, -0.25) is 13.0 Å². The van der Waals surface area contributed by atoms with E-state index in [1.165, 1.54) is 0 Å². The van der Waals surface area contributed by atoms with Crippen LogP contribution in [0.1, 0.15) is 0 Å². The van der Waals surface area contributed by atoms with Crippen LogP contribution in [0.5, 0.6) is 0 Å². The summed E-state index contributed by atoms with van der Waals surface area (Å²) in [5.41, 5.74) is 0. The largest absolute Gasteiger partial charge is 2.00 e. The molecule has 43 heteroatoms. The monoisotopic (exact) mass is 886 g/mol. The van der Waals surface area contributed by atoms with Crippen molar-refractivity contribution in [1.82, 2.24) is 0 Å². The van der Waals surface area contributed by atoms with E-state index >= 15 is 0 Å². The second-order valence-electron chi connectivity index (χ2n) is 4.64. The average molecular weight is 886 g/mol. The van der Waals surface area contributed by atoms with E-state index in [1.807, 2.05) is 0 Å². The summed E-state index contributed by atoms with van der Waals surface area (Å²) < 4.78 is 123. The van der Waals surface area contributed by atoms with E-state index in [1.54, 1.807) is 0 Å². The Morgan fingerprint density at radius 1 is 0.395 bits per heavy atom. The Balaban J connectivity index is -0.0000000753. The summed E-state index contributed by atoms with van der Waals surface area (Å²) >= 11 is 0. The van der Waals surface area contributed by atoms with E-state index in [9.17, 15) is 41.4 Å². The van der Waals surface area contributed by atoms with Gasteiger partial charge < -0.3 is 87.4 Å². The normalized spacial score (nSPS) is 14.0. The standard InChI is InChI=1S/Fe.Na.4H4O7P2.H2O4S/c;;4*1-8(2,3)7-9(4,5)6;1-5(2,3)4/h;;4*(H2,1,2,3)(H2,4,5,6);(H2,1,2,3,4)/q+2;+1;;;;;/p-3. The summed E-state index contributed by atoms with van der Waals surface area (Å²) in [6.45, 7) is 0. The maximum Gasteiger partial charge on any atom is 2.00 e. The van der Waals surface area contributed by atoms with Gasteiger partial charge in [0.15, 0.2) is 0 Å². The first-order valence-corrected chi connectivity index (χ1v) is 20.3. The smallest absolute Gasteiger partial charge is 0.759 e. The minimum atomic E-state index is -5.30. The van der Waals surface area contributed by atoms with Crippen molar-refractivity contribution >= 4 is 73.0 Å². The zero-order valence-corrected chi connectivity index (χ0v) is 30.1. The molecule has 0 bridgehead atoms. The van der Waals surface area contributed by atoms with Crippen LogP contribution in [0.25, 0.3) is 0 Å². The summed E-state index contributed by atoms with van der Waals surface area (Å²) in [6.07, 6.45) is 0. The summed E-state index contributed by atoms with van der Waals surface area (Å²) in [4.78, 5) is 126. The topological polar surface area (TPSA) is 580 Å². The van der Waals surface area contributed by atoms with Gasteiger partial charge >= 0.3 is 101 Å². The minimum Gasteiger partial charge on any atom is -0.759 e. The fraction of sp³-hybridized carbons (Fsp3) is 0. The number of hydrogen-bond donors (Lipinski definition) is 15. The van der Waals surface area contributed by atoms with Gasteiger partial charge in [0, 0.05) is 10.4 Å². The summed E-state index contributed by atoms with van der Waals surface area (Å²) in [7, 11) is -45.9. The van der Waals surface area contributed by atoms with Gasteiger partial charge in [-0.05, 0) is 0 Å². The first kappa shape index (κ1) is 60.7. The van der Waals surface area contributed by atoms with Crippen LogP contribution in [0.4, 0.5) is 0 Å². The molecular formula is H15FeNaO32P8S. The molecule has 0 aliphatic rings. The summed E-state index contributed by atoms with van der Waals surface area (Å²) in [5.74, 6) is 0. The molecule has 1 atom stereocenters. The molecule has 262 valence electrons. The number of phosphoric acid groups is 8. The number of hydrogen-bond acceptors (Lipinski definition) is 17. The van der Waals surface area contributed by atoms with Crippen LogP contribution in [0.2, 0.25) is 0 Å². The van der Waals surface area contributed by atoms with E-state index < -0.39 is 73.0 Å². The Bertz CT molecular complexity index is 984. The number of rotatable bonds is 8. The molecule has 0 fully saturated rings. The van der Waals surface area contributed by atoms with Crippen LogP contribution >= 0.6 is 62.6 Å². The molecule has 0 saturated carbocycles. The van der Waals surface area contributed by atoms with Crippen LogP contribution in [0, 0.1) is 0 Å². The second-order valence-corrected chi connectivity index (χ2v) is 15.9. The van der Waals surface area contributed by atoms with Crippen LogP contribution < -0.4 is 34.5 Å². The first-order valence-electron chi connectivity index (χ1n) is 6.77. The van der Waals surface area contributed by atoms with Crippen LogP contribution in [-0.4, -0.2) is 90.9 Å². The van der Waals surface area contributed by atoms with E-state index in [4.69, 9.17) is 90.9 Å². The van der Waals surface area contributed by atoms with E-state index in [2.05, 4.69) is 17.2 Å². The van der Waals surface area contributed by atoms with Crippen molar-refractivity contribution in [2.45, 2.75) is 0 Å². The van der Waals surface area contributed by atoms with Gasteiger partial charge in [0.2, 0.25) is 0 Å². The molecule has 0 aliphatic heterocycles. The second kappa shape index (κ2) is 22.9. The molecular weight excluding hydrogens is 871 g/mol. The molecule has 0 amide bonds. The Labute approximate surface area is 268 Å².